The van der Waals surface area contributed by atoms with Gasteiger partial charge in [-0.1, -0.05) is 48.9 Å². The van der Waals surface area contributed by atoms with Gasteiger partial charge in [0.1, 0.15) is 5.75 Å². The van der Waals surface area contributed by atoms with Crippen molar-refractivity contribution < 1.29 is 4.74 Å². The molecule has 1 atom stereocenters. The molecule has 2 aromatic rings. The second kappa shape index (κ2) is 7.28. The molecule has 0 aliphatic rings. The fourth-order valence-electron chi connectivity index (χ4n) is 2.68. The van der Waals surface area contributed by atoms with Crippen molar-refractivity contribution in [3.63, 3.8) is 0 Å². The lowest BCUT2D eigenvalue weighted by atomic mass is 9.96. The van der Waals surface area contributed by atoms with Crippen molar-refractivity contribution in [2.45, 2.75) is 33.2 Å². The fourth-order valence-corrected chi connectivity index (χ4v) is 2.68. The Labute approximate surface area is 128 Å². The Kier molecular flexibility index (Phi) is 5.40. The van der Waals surface area contributed by atoms with Gasteiger partial charge in [0, 0.05) is 6.04 Å². The van der Waals surface area contributed by atoms with Gasteiger partial charge in [0.25, 0.3) is 0 Å². The van der Waals surface area contributed by atoms with Crippen molar-refractivity contribution in [1.29, 1.82) is 0 Å². The predicted molar refractivity (Wildman–Crippen MR) is 89.0 cm³/mol. The van der Waals surface area contributed by atoms with Crippen LogP contribution in [0, 0.1) is 13.8 Å². The first-order valence-corrected chi connectivity index (χ1v) is 7.57. The average Bonchev–Trinajstić information content (AvgIpc) is 2.47. The Morgan fingerprint density at radius 3 is 2.57 bits per heavy atom. The molecular weight excluding hydrogens is 258 g/mol. The summed E-state index contributed by atoms with van der Waals surface area (Å²) in [6.07, 6.45) is 0.988. The van der Waals surface area contributed by atoms with Gasteiger partial charge in [0.2, 0.25) is 0 Å². The van der Waals surface area contributed by atoms with E-state index < -0.39 is 0 Å². The minimum absolute atomic E-state index is 0.311. The highest BCUT2D eigenvalue weighted by Gasteiger charge is 2.13. The molecule has 0 spiro atoms. The van der Waals surface area contributed by atoms with Crippen LogP contribution in [0.25, 0.3) is 0 Å². The summed E-state index contributed by atoms with van der Waals surface area (Å²) in [5.41, 5.74) is 5.12. The third-order valence-corrected chi connectivity index (χ3v) is 3.81. The molecule has 21 heavy (non-hydrogen) atoms. The number of aryl methyl sites for hydroxylation is 2. The smallest absolute Gasteiger partial charge is 0.122 e. The lowest BCUT2D eigenvalue weighted by Crippen LogP contribution is -2.23. The molecule has 2 nitrogen and oxygen atoms in total. The first-order valence-electron chi connectivity index (χ1n) is 7.57. The van der Waals surface area contributed by atoms with Gasteiger partial charge in [-0.3, -0.25) is 0 Å². The van der Waals surface area contributed by atoms with Crippen LogP contribution in [0.3, 0.4) is 0 Å². The molecule has 2 heteroatoms. The number of rotatable bonds is 6. The minimum Gasteiger partial charge on any atom is -0.496 e. The van der Waals surface area contributed by atoms with Crippen LogP contribution in [-0.4, -0.2) is 13.7 Å². The van der Waals surface area contributed by atoms with Crippen LogP contribution in [0.15, 0.2) is 42.5 Å². The Balaban J connectivity index is 2.26. The van der Waals surface area contributed by atoms with Crippen LogP contribution in [0.4, 0.5) is 0 Å². The number of hydrogen-bond acceptors (Lipinski definition) is 2. The lowest BCUT2D eigenvalue weighted by molar-refractivity contribution is 0.410. The van der Waals surface area contributed by atoms with Gasteiger partial charge >= 0.3 is 0 Å². The number of ether oxygens (including phenoxy) is 1. The monoisotopic (exact) mass is 283 g/mol. The van der Waals surface area contributed by atoms with E-state index in [1.807, 2.05) is 0 Å². The number of likely N-dealkylation sites (N-methyl/N-ethyl adjacent to an activating group) is 1. The van der Waals surface area contributed by atoms with Gasteiger partial charge < -0.3 is 10.1 Å². The van der Waals surface area contributed by atoms with E-state index in [0.717, 1.165) is 18.7 Å². The summed E-state index contributed by atoms with van der Waals surface area (Å²) in [4.78, 5) is 0. The zero-order valence-corrected chi connectivity index (χ0v) is 13.4. The maximum absolute atomic E-state index is 5.46. The summed E-state index contributed by atoms with van der Waals surface area (Å²) in [6.45, 7) is 7.31. The molecule has 0 fully saturated rings. The molecule has 0 amide bonds. The molecule has 2 aromatic carbocycles. The van der Waals surface area contributed by atoms with E-state index in [1.54, 1.807) is 7.11 Å². The topological polar surface area (TPSA) is 21.3 Å². The third kappa shape index (κ3) is 4.08. The van der Waals surface area contributed by atoms with Crippen LogP contribution in [0.5, 0.6) is 5.75 Å². The van der Waals surface area contributed by atoms with Crippen LogP contribution >= 0.6 is 0 Å². The van der Waals surface area contributed by atoms with Crippen molar-refractivity contribution in [1.82, 2.24) is 5.32 Å². The molecule has 0 saturated heterocycles. The van der Waals surface area contributed by atoms with E-state index in [2.05, 4.69) is 68.6 Å². The zero-order valence-electron chi connectivity index (χ0n) is 13.4. The minimum atomic E-state index is 0.311. The Bertz CT molecular complexity index is 592. The maximum atomic E-state index is 5.46. The quantitative estimate of drug-likeness (QED) is 0.857. The molecule has 1 unspecified atom stereocenters. The van der Waals surface area contributed by atoms with Gasteiger partial charge in [-0.05, 0) is 49.6 Å². The van der Waals surface area contributed by atoms with E-state index in [-0.39, 0.29) is 0 Å². The molecule has 1 N–H and O–H groups in total. The molecule has 0 aromatic heterocycles. The molecule has 0 radical (unpaired) electrons. The molecule has 112 valence electrons. The third-order valence-electron chi connectivity index (χ3n) is 3.81. The van der Waals surface area contributed by atoms with E-state index in [1.165, 1.54) is 22.3 Å². The number of benzene rings is 2. The number of hydrogen-bond donors (Lipinski definition) is 1. The van der Waals surface area contributed by atoms with Gasteiger partial charge in [0.15, 0.2) is 0 Å². The number of methoxy groups -OCH3 is 1. The zero-order chi connectivity index (χ0) is 15.2. The summed E-state index contributed by atoms with van der Waals surface area (Å²) in [6, 6.07) is 15.5. The molecule has 0 aliphatic heterocycles. The number of nitrogens with one attached hydrogen (secondary N) is 1. The normalized spacial score (nSPS) is 12.2. The Hall–Kier alpha value is -1.80. The maximum Gasteiger partial charge on any atom is 0.122 e. The standard InChI is InChI=1S/C19H25NO/c1-5-20-18(12-16-8-6-7-14(2)11-16)17-10-9-15(3)19(13-17)21-4/h6-11,13,18,20H,5,12H2,1-4H3. The molecule has 0 aliphatic carbocycles. The van der Waals surface area contributed by atoms with Crippen molar-refractivity contribution >= 4 is 0 Å². The van der Waals surface area contributed by atoms with Crippen LogP contribution in [0.2, 0.25) is 0 Å². The first-order chi connectivity index (χ1) is 10.1. The van der Waals surface area contributed by atoms with Crippen LogP contribution < -0.4 is 10.1 Å². The molecule has 0 bridgehead atoms. The molecule has 0 saturated carbocycles. The van der Waals surface area contributed by atoms with Crippen molar-refractivity contribution in [3.05, 3.63) is 64.7 Å². The van der Waals surface area contributed by atoms with Gasteiger partial charge in [-0.25, -0.2) is 0 Å². The first kappa shape index (κ1) is 15.6. The summed E-state index contributed by atoms with van der Waals surface area (Å²) >= 11 is 0. The van der Waals surface area contributed by atoms with Gasteiger partial charge in [0.05, 0.1) is 7.11 Å². The van der Waals surface area contributed by atoms with Crippen LogP contribution in [-0.2, 0) is 6.42 Å². The van der Waals surface area contributed by atoms with Crippen molar-refractivity contribution in [3.8, 4) is 5.75 Å². The fraction of sp³-hybridized carbons (Fsp3) is 0.368. The van der Waals surface area contributed by atoms with Gasteiger partial charge in [-0.15, -0.1) is 0 Å². The Morgan fingerprint density at radius 1 is 1.10 bits per heavy atom. The van der Waals surface area contributed by atoms with E-state index in [4.69, 9.17) is 4.74 Å². The van der Waals surface area contributed by atoms with E-state index in [9.17, 15) is 0 Å². The highest BCUT2D eigenvalue weighted by Crippen LogP contribution is 2.25. The summed E-state index contributed by atoms with van der Waals surface area (Å²) < 4.78 is 5.46. The highest BCUT2D eigenvalue weighted by atomic mass is 16.5. The van der Waals surface area contributed by atoms with Crippen molar-refractivity contribution in [2.75, 3.05) is 13.7 Å². The van der Waals surface area contributed by atoms with Crippen molar-refractivity contribution in [2.24, 2.45) is 0 Å². The second-order valence-electron chi connectivity index (χ2n) is 5.53. The summed E-state index contributed by atoms with van der Waals surface area (Å²) in [7, 11) is 1.73. The second-order valence-corrected chi connectivity index (χ2v) is 5.53. The SMILES string of the molecule is CCNC(Cc1cccc(C)c1)c1ccc(C)c(OC)c1. The van der Waals surface area contributed by atoms with E-state index in [0.29, 0.717) is 6.04 Å². The summed E-state index contributed by atoms with van der Waals surface area (Å²) in [5, 5.41) is 3.58. The summed E-state index contributed by atoms with van der Waals surface area (Å²) in [5.74, 6) is 0.958. The lowest BCUT2D eigenvalue weighted by Gasteiger charge is -2.20. The van der Waals surface area contributed by atoms with Gasteiger partial charge in [-0.2, -0.15) is 0 Å². The largest absolute Gasteiger partial charge is 0.496 e. The molecular formula is C19H25NO. The molecule has 2 rings (SSSR count). The Morgan fingerprint density at radius 2 is 1.90 bits per heavy atom. The predicted octanol–water partition coefficient (Wildman–Crippen LogP) is 4.21. The van der Waals surface area contributed by atoms with E-state index >= 15 is 0 Å². The van der Waals surface area contributed by atoms with Crippen LogP contribution in [0.1, 0.15) is 35.2 Å². The molecule has 0 heterocycles. The average molecular weight is 283 g/mol. The highest BCUT2D eigenvalue weighted by molar-refractivity contribution is 5.38.